The van der Waals surface area contributed by atoms with Crippen LogP contribution in [-0.4, -0.2) is 36.6 Å². The first-order valence-electron chi connectivity index (χ1n) is 11.7. The minimum atomic E-state index is -3.53. The summed E-state index contributed by atoms with van der Waals surface area (Å²) in [5.41, 5.74) is 1.92. The van der Waals surface area contributed by atoms with E-state index in [1.54, 1.807) is 39.0 Å². The van der Waals surface area contributed by atoms with Crippen LogP contribution in [0.5, 0.6) is 5.75 Å². The number of aryl methyl sites for hydroxylation is 1. The van der Waals surface area contributed by atoms with Gasteiger partial charge in [-0.2, -0.15) is 0 Å². The van der Waals surface area contributed by atoms with Crippen molar-refractivity contribution in [3.63, 3.8) is 0 Å². The molecule has 4 N–H and O–H groups in total. The lowest BCUT2D eigenvalue weighted by Gasteiger charge is -2.61. The van der Waals surface area contributed by atoms with Crippen LogP contribution in [-0.2, 0) is 26.8 Å². The van der Waals surface area contributed by atoms with Gasteiger partial charge in [-0.25, -0.2) is 13.2 Å². The second kappa shape index (κ2) is 9.02. The number of aliphatic hydroxyl groups is 1. The summed E-state index contributed by atoms with van der Waals surface area (Å²) in [5, 5.41) is 12.5. The smallest absolute Gasteiger partial charge is 0.405 e. The Morgan fingerprint density at radius 1 is 1.14 bits per heavy atom. The van der Waals surface area contributed by atoms with E-state index >= 15 is 0 Å². The summed E-state index contributed by atoms with van der Waals surface area (Å²) in [7, 11) is -3.53. The molecule has 0 unspecified atom stereocenters. The summed E-state index contributed by atoms with van der Waals surface area (Å²) < 4.78 is 39.1. The van der Waals surface area contributed by atoms with Gasteiger partial charge in [-0.15, -0.1) is 0 Å². The van der Waals surface area contributed by atoms with Crippen LogP contribution in [0.3, 0.4) is 0 Å². The predicted molar refractivity (Wildman–Crippen MR) is 136 cm³/mol. The summed E-state index contributed by atoms with van der Waals surface area (Å²) >= 11 is 0. The molecule has 2 atom stereocenters. The Kier molecular flexibility index (Phi) is 6.91. The molecule has 192 valence electrons. The van der Waals surface area contributed by atoms with Gasteiger partial charge in [0.15, 0.2) is 5.60 Å². The normalized spacial score (nSPS) is 23.6. The zero-order valence-electron chi connectivity index (χ0n) is 21.2. The number of ether oxygens (including phenoxy) is 2. The van der Waals surface area contributed by atoms with Crippen molar-refractivity contribution in [2.75, 3.05) is 10.5 Å². The summed E-state index contributed by atoms with van der Waals surface area (Å²) in [6.07, 6.45) is -0.330. The Labute approximate surface area is 207 Å². The van der Waals surface area contributed by atoms with Crippen molar-refractivity contribution in [2.45, 2.75) is 71.2 Å². The molecule has 1 heterocycles. The van der Waals surface area contributed by atoms with Crippen molar-refractivity contribution in [1.82, 2.24) is 0 Å². The predicted octanol–water partition coefficient (Wildman–Crippen LogP) is 4.32. The van der Waals surface area contributed by atoms with Crippen LogP contribution in [0.4, 0.5) is 10.5 Å². The largest absolute Gasteiger partial charge is 0.484 e. The van der Waals surface area contributed by atoms with E-state index in [1.807, 2.05) is 51.1 Å². The van der Waals surface area contributed by atoms with E-state index in [-0.39, 0.29) is 12.2 Å². The molecule has 0 saturated heterocycles. The lowest BCUT2D eigenvalue weighted by atomic mass is 9.55. The summed E-state index contributed by atoms with van der Waals surface area (Å²) in [6.45, 7) is 10.6. The fourth-order valence-electron chi connectivity index (χ4n) is 5.13. The highest BCUT2D eigenvalue weighted by molar-refractivity contribution is 7.92. The van der Waals surface area contributed by atoms with Crippen LogP contribution in [0.2, 0.25) is 0 Å². The molecule has 1 aliphatic heterocycles. The number of carbonyl (C=O) groups excluding carboxylic acids is 1. The van der Waals surface area contributed by atoms with Crippen molar-refractivity contribution in [2.24, 2.45) is 11.1 Å². The summed E-state index contributed by atoms with van der Waals surface area (Å²) in [4.78, 5) is 12.4. The average Bonchev–Trinajstić information content (AvgIpc) is 2.74. The Bertz CT molecular complexity index is 1190. The van der Waals surface area contributed by atoms with E-state index in [4.69, 9.17) is 15.2 Å². The van der Waals surface area contributed by atoms with Crippen LogP contribution in [0.15, 0.2) is 48.5 Å². The highest BCUT2D eigenvalue weighted by Crippen LogP contribution is 2.61. The number of amides is 1. The lowest BCUT2D eigenvalue weighted by molar-refractivity contribution is -0.281. The zero-order valence-corrected chi connectivity index (χ0v) is 22.0. The lowest BCUT2D eigenvalue weighted by Crippen LogP contribution is -2.73. The van der Waals surface area contributed by atoms with Gasteiger partial charge in [-0.1, -0.05) is 51.1 Å². The molecule has 0 aromatic heterocycles. The number of nitrogens with two attached hydrogens (primary N) is 1. The third-order valence-electron chi connectivity index (χ3n) is 6.89. The average molecular weight is 505 g/mol. The van der Waals surface area contributed by atoms with E-state index in [9.17, 15) is 18.3 Å². The van der Waals surface area contributed by atoms with Crippen molar-refractivity contribution < 1.29 is 27.8 Å². The van der Waals surface area contributed by atoms with Gasteiger partial charge in [-0.3, -0.25) is 4.72 Å². The molecule has 1 amide bonds. The number of anilines is 1. The first kappa shape index (κ1) is 26.8. The zero-order chi connectivity index (χ0) is 26.3. The van der Waals surface area contributed by atoms with Gasteiger partial charge >= 0.3 is 6.09 Å². The molecule has 3 rings (SSSR count). The molecule has 0 bridgehead atoms. The molecule has 1 aliphatic rings. The molecule has 0 fully saturated rings. The molecule has 9 heteroatoms. The fourth-order valence-corrected chi connectivity index (χ4v) is 5.76. The molecule has 0 spiro atoms. The molecule has 0 aliphatic carbocycles. The highest BCUT2D eigenvalue weighted by Gasteiger charge is 2.71. The number of fused-ring (bicyclic) bond motifs is 1. The third-order valence-corrected chi connectivity index (χ3v) is 8.19. The number of hydrogen-bond donors (Lipinski definition) is 3. The van der Waals surface area contributed by atoms with Crippen LogP contribution in [0.25, 0.3) is 0 Å². The molecule has 0 saturated carbocycles. The maximum atomic E-state index is 12.5. The number of primary amides is 1. The molecule has 0 radical (unpaired) electrons. The van der Waals surface area contributed by atoms with Crippen LogP contribution in [0.1, 0.15) is 59.1 Å². The van der Waals surface area contributed by atoms with Crippen molar-refractivity contribution in [1.29, 1.82) is 0 Å². The topological polar surface area (TPSA) is 128 Å². The highest BCUT2D eigenvalue weighted by atomic mass is 32.2. The molecule has 8 nitrogen and oxygen atoms in total. The van der Waals surface area contributed by atoms with Gasteiger partial charge in [0.25, 0.3) is 0 Å². The monoisotopic (exact) mass is 504 g/mol. The maximum absolute atomic E-state index is 12.5. The van der Waals surface area contributed by atoms with Gasteiger partial charge in [0, 0.05) is 17.0 Å². The van der Waals surface area contributed by atoms with Gasteiger partial charge < -0.3 is 20.3 Å². The van der Waals surface area contributed by atoms with Crippen LogP contribution in [0, 0.1) is 5.41 Å². The standard InChI is InChI=1S/C26H36N2O6S/c1-7-35(31,32)28-19-13-14-20-21(17-19)33-24(5,6)25(30,16-15-18-11-9-8-10-12-18)26(20,23(2,3)4)34-22(27)29/h8-14,17,28,30H,7,15-16H2,1-6H3,(H2,27,29)/t25-,26-/m1/s1. The van der Waals surface area contributed by atoms with E-state index < -0.39 is 38.3 Å². The Hall–Kier alpha value is -2.78. The van der Waals surface area contributed by atoms with Crippen molar-refractivity contribution >= 4 is 21.8 Å². The quantitative estimate of drug-likeness (QED) is 0.515. The minimum absolute atomic E-state index is 0.0909. The first-order chi connectivity index (χ1) is 16.1. The van der Waals surface area contributed by atoms with E-state index in [0.717, 1.165) is 5.56 Å². The fraction of sp³-hybridized carbons (Fsp3) is 0.500. The van der Waals surface area contributed by atoms with Gasteiger partial charge in [0.05, 0.1) is 11.4 Å². The molecule has 2 aromatic rings. The number of benzene rings is 2. The van der Waals surface area contributed by atoms with E-state index in [1.165, 1.54) is 0 Å². The third kappa shape index (κ3) is 4.71. The van der Waals surface area contributed by atoms with Gasteiger partial charge in [0.1, 0.15) is 17.0 Å². The molecular formula is C26H36N2O6S. The molecular weight excluding hydrogens is 468 g/mol. The second-order valence-electron chi connectivity index (χ2n) is 10.5. The minimum Gasteiger partial charge on any atom is -0.484 e. The van der Waals surface area contributed by atoms with Gasteiger partial charge in [-0.05, 0) is 51.3 Å². The second-order valence-corrected chi connectivity index (χ2v) is 12.5. The summed E-state index contributed by atoms with van der Waals surface area (Å²) in [6, 6.07) is 14.4. The maximum Gasteiger partial charge on any atom is 0.405 e. The number of hydrogen-bond acceptors (Lipinski definition) is 6. The number of carbonyl (C=O) groups is 1. The number of rotatable bonds is 7. The number of nitrogens with one attached hydrogen (secondary N) is 1. The van der Waals surface area contributed by atoms with Crippen LogP contribution >= 0.6 is 0 Å². The molecule has 35 heavy (non-hydrogen) atoms. The SMILES string of the molecule is CCS(=O)(=O)Nc1ccc2c(c1)OC(C)(C)[C@](O)(CCc1ccccc1)[C@]2(OC(N)=O)C(C)(C)C. The Morgan fingerprint density at radius 2 is 1.77 bits per heavy atom. The van der Waals surface area contributed by atoms with Crippen LogP contribution < -0.4 is 15.2 Å². The molecule has 2 aromatic carbocycles. The van der Waals surface area contributed by atoms with Crippen molar-refractivity contribution in [3.8, 4) is 5.75 Å². The van der Waals surface area contributed by atoms with E-state index in [0.29, 0.717) is 23.4 Å². The van der Waals surface area contributed by atoms with Gasteiger partial charge in [0.2, 0.25) is 10.0 Å². The Morgan fingerprint density at radius 3 is 2.31 bits per heavy atom. The first-order valence-corrected chi connectivity index (χ1v) is 13.3. The Balaban J connectivity index is 2.25. The van der Waals surface area contributed by atoms with Crippen molar-refractivity contribution in [3.05, 3.63) is 59.7 Å². The van der Waals surface area contributed by atoms with E-state index in [2.05, 4.69) is 4.72 Å². The summed E-state index contributed by atoms with van der Waals surface area (Å²) in [5.74, 6) is 0.207. The number of sulfonamides is 1.